The summed E-state index contributed by atoms with van der Waals surface area (Å²) in [5.74, 6) is 0. The van der Waals surface area contributed by atoms with Crippen LogP contribution in [0.4, 0.5) is 0 Å². The molecule has 0 N–H and O–H groups in total. The molecule has 2 aliphatic rings. The minimum absolute atomic E-state index is 1.34. The monoisotopic (exact) mass is 620 g/mol. The van der Waals surface area contributed by atoms with Gasteiger partial charge in [-0.05, 0) is 138 Å². The fourth-order valence-corrected chi connectivity index (χ4v) is 8.42. The number of fused-ring (bicyclic) bond motifs is 8. The summed E-state index contributed by atoms with van der Waals surface area (Å²) in [5, 5.41) is 11.0. The zero-order chi connectivity index (χ0) is 33.7. The smallest absolute Gasteiger partial charge is 0.00262 e. The maximum absolute atomic E-state index is 2.28. The standard InChI is InChI=1S/2C22H16.2C2H6/c2*1-13-16-9-3-4-10-17(16)14(2)21-19-12-6-8-15-7-5-11-18(20(13)21)22(15)19;2*1-2/h2*3-12H,1-2H3;2*1-2H3. The highest BCUT2D eigenvalue weighted by Gasteiger charge is 2.27. The summed E-state index contributed by atoms with van der Waals surface area (Å²) in [6.45, 7) is 17.1. The molecule has 0 spiro atoms. The molecule has 0 aliphatic heterocycles. The quantitative estimate of drug-likeness (QED) is 0.158. The Labute approximate surface area is 285 Å². The first-order valence-corrected chi connectivity index (χ1v) is 17.6. The molecule has 2 aliphatic carbocycles. The predicted octanol–water partition coefficient (Wildman–Crippen LogP) is 14.6. The van der Waals surface area contributed by atoms with Crippen molar-refractivity contribution in [2.45, 2.75) is 55.4 Å². The topological polar surface area (TPSA) is 0 Å². The maximum Gasteiger partial charge on any atom is -0.00262 e. The van der Waals surface area contributed by atoms with E-state index in [9.17, 15) is 0 Å². The first-order chi connectivity index (χ1) is 23.5. The number of rotatable bonds is 0. The number of benzene rings is 8. The highest BCUT2D eigenvalue weighted by atomic mass is 14.3. The van der Waals surface area contributed by atoms with Gasteiger partial charge in [0.05, 0.1) is 0 Å². The van der Waals surface area contributed by atoms with Gasteiger partial charge in [-0.1, -0.05) is 149 Å². The third kappa shape index (κ3) is 4.43. The summed E-state index contributed by atoms with van der Waals surface area (Å²) < 4.78 is 0. The van der Waals surface area contributed by atoms with Gasteiger partial charge in [0, 0.05) is 0 Å². The number of hydrogen-bond acceptors (Lipinski definition) is 0. The van der Waals surface area contributed by atoms with Gasteiger partial charge in [0.2, 0.25) is 0 Å². The van der Waals surface area contributed by atoms with E-state index < -0.39 is 0 Å². The van der Waals surface area contributed by atoms with Gasteiger partial charge in [-0.2, -0.15) is 0 Å². The first kappa shape index (κ1) is 31.4. The van der Waals surface area contributed by atoms with Crippen molar-refractivity contribution in [3.05, 3.63) is 144 Å². The number of aryl methyl sites for hydroxylation is 4. The van der Waals surface area contributed by atoms with Gasteiger partial charge in [-0.25, -0.2) is 0 Å². The van der Waals surface area contributed by atoms with E-state index in [4.69, 9.17) is 0 Å². The Morgan fingerprint density at radius 2 is 0.500 bits per heavy atom. The van der Waals surface area contributed by atoms with Crippen molar-refractivity contribution in [3.63, 3.8) is 0 Å². The van der Waals surface area contributed by atoms with Crippen molar-refractivity contribution in [1.82, 2.24) is 0 Å². The molecule has 48 heavy (non-hydrogen) atoms. The lowest BCUT2D eigenvalue weighted by Gasteiger charge is -2.14. The summed E-state index contributed by atoms with van der Waals surface area (Å²) in [6, 6.07) is 44.3. The van der Waals surface area contributed by atoms with E-state index in [0.717, 1.165) is 0 Å². The Morgan fingerprint density at radius 1 is 0.271 bits per heavy atom. The summed E-state index contributed by atoms with van der Waals surface area (Å²) in [7, 11) is 0. The van der Waals surface area contributed by atoms with E-state index >= 15 is 0 Å². The van der Waals surface area contributed by atoms with Crippen LogP contribution in [0.25, 0.3) is 87.6 Å². The third-order valence-corrected chi connectivity index (χ3v) is 10.4. The van der Waals surface area contributed by atoms with Crippen LogP contribution in [-0.2, 0) is 0 Å². The Bertz CT molecular complexity index is 2180. The minimum atomic E-state index is 1.34. The second kappa shape index (κ2) is 12.4. The molecule has 0 unspecified atom stereocenters. The normalized spacial score (nSPS) is 11.3. The van der Waals surface area contributed by atoms with Crippen LogP contribution in [0.2, 0.25) is 0 Å². The van der Waals surface area contributed by atoms with E-state index in [1.807, 2.05) is 27.7 Å². The van der Waals surface area contributed by atoms with Gasteiger partial charge in [-0.3, -0.25) is 0 Å². The molecule has 0 saturated heterocycles. The molecule has 0 heterocycles. The van der Waals surface area contributed by atoms with Crippen LogP contribution in [0.1, 0.15) is 49.9 Å². The van der Waals surface area contributed by atoms with Crippen molar-refractivity contribution in [2.75, 3.05) is 0 Å². The molecule has 0 bridgehead atoms. The fourth-order valence-electron chi connectivity index (χ4n) is 8.42. The van der Waals surface area contributed by atoms with Gasteiger partial charge >= 0.3 is 0 Å². The Kier molecular flexibility index (Phi) is 8.14. The van der Waals surface area contributed by atoms with E-state index in [1.165, 1.54) is 110 Å². The second-order valence-electron chi connectivity index (χ2n) is 12.5. The predicted molar refractivity (Wildman–Crippen MR) is 213 cm³/mol. The number of hydrogen-bond donors (Lipinski definition) is 0. The summed E-state index contributed by atoms with van der Waals surface area (Å²) in [4.78, 5) is 0. The van der Waals surface area contributed by atoms with Gasteiger partial charge in [0.15, 0.2) is 0 Å². The van der Waals surface area contributed by atoms with Crippen LogP contribution in [0.15, 0.2) is 121 Å². The van der Waals surface area contributed by atoms with Crippen LogP contribution in [0, 0.1) is 27.7 Å². The van der Waals surface area contributed by atoms with Crippen LogP contribution < -0.4 is 0 Å². The van der Waals surface area contributed by atoms with E-state index in [2.05, 4.69) is 149 Å². The largest absolute Gasteiger partial charge is 0.0683 e. The molecule has 0 nitrogen and oxygen atoms in total. The average molecular weight is 621 g/mol. The zero-order valence-corrected chi connectivity index (χ0v) is 29.5. The van der Waals surface area contributed by atoms with Crippen molar-refractivity contribution in [1.29, 1.82) is 0 Å². The average Bonchev–Trinajstić information content (AvgIpc) is 3.68. The van der Waals surface area contributed by atoms with Crippen molar-refractivity contribution in [3.8, 4) is 44.5 Å². The lowest BCUT2D eigenvalue weighted by Crippen LogP contribution is -1.90. The molecule has 236 valence electrons. The molecule has 8 aromatic carbocycles. The molecular formula is C48H44. The summed E-state index contributed by atoms with van der Waals surface area (Å²) in [6.07, 6.45) is 0. The van der Waals surface area contributed by atoms with E-state index in [-0.39, 0.29) is 0 Å². The van der Waals surface area contributed by atoms with E-state index in [1.54, 1.807) is 0 Å². The molecule has 0 saturated carbocycles. The molecule has 0 aromatic heterocycles. The van der Waals surface area contributed by atoms with Crippen molar-refractivity contribution >= 4 is 43.1 Å². The minimum Gasteiger partial charge on any atom is -0.0683 e. The van der Waals surface area contributed by atoms with Crippen LogP contribution in [0.3, 0.4) is 0 Å². The molecular weight excluding hydrogens is 577 g/mol. The van der Waals surface area contributed by atoms with E-state index in [0.29, 0.717) is 0 Å². The van der Waals surface area contributed by atoms with Gasteiger partial charge in [0.25, 0.3) is 0 Å². The molecule has 0 amide bonds. The molecule has 0 atom stereocenters. The van der Waals surface area contributed by atoms with Crippen molar-refractivity contribution in [2.24, 2.45) is 0 Å². The maximum atomic E-state index is 2.28. The lowest BCUT2D eigenvalue weighted by molar-refractivity contribution is 1.47. The van der Waals surface area contributed by atoms with Gasteiger partial charge in [0.1, 0.15) is 0 Å². The highest BCUT2D eigenvalue weighted by Crippen LogP contribution is 2.53. The SMILES string of the molecule is CC.CC.Cc1c2c(c(C)c3ccccc13)-c1cccc3cccc-2c13.Cc1c2c(c(C)c3ccccc13)-c1cccc3cccc-2c13. The lowest BCUT2D eigenvalue weighted by atomic mass is 9.89. The highest BCUT2D eigenvalue weighted by molar-refractivity contribution is 6.21. The zero-order valence-electron chi connectivity index (χ0n) is 29.5. The molecule has 0 radical (unpaired) electrons. The van der Waals surface area contributed by atoms with Crippen LogP contribution in [-0.4, -0.2) is 0 Å². The first-order valence-electron chi connectivity index (χ1n) is 17.6. The summed E-state index contributed by atoms with van der Waals surface area (Å²) >= 11 is 0. The van der Waals surface area contributed by atoms with Gasteiger partial charge in [-0.15, -0.1) is 0 Å². The second-order valence-corrected chi connectivity index (χ2v) is 12.5. The summed E-state index contributed by atoms with van der Waals surface area (Å²) in [5.41, 5.74) is 16.9. The van der Waals surface area contributed by atoms with Crippen molar-refractivity contribution < 1.29 is 0 Å². The van der Waals surface area contributed by atoms with Gasteiger partial charge < -0.3 is 0 Å². The van der Waals surface area contributed by atoms with Crippen LogP contribution in [0.5, 0.6) is 0 Å². The Balaban J connectivity index is 0.000000138. The third-order valence-electron chi connectivity index (χ3n) is 10.4. The van der Waals surface area contributed by atoms with Crippen LogP contribution >= 0.6 is 0 Å². The molecule has 8 aromatic rings. The molecule has 0 heteroatoms. The Hall–Kier alpha value is -5.20. The molecule has 0 fully saturated rings. The fraction of sp³-hybridized carbons (Fsp3) is 0.167. The Morgan fingerprint density at radius 3 is 0.729 bits per heavy atom. The molecule has 10 rings (SSSR count).